The molecule has 0 bridgehead atoms. The van der Waals surface area contributed by atoms with Gasteiger partial charge in [-0.25, -0.2) is 15.7 Å². The number of carbonyl (C=O) groups excluding carboxylic acids is 1. The first kappa shape index (κ1) is 12.8. The van der Waals surface area contributed by atoms with Crippen molar-refractivity contribution in [1.82, 2.24) is 20.2 Å². The molecule has 0 fully saturated rings. The minimum Gasteiger partial charge on any atom is -0.294 e. The van der Waals surface area contributed by atoms with Gasteiger partial charge in [0.1, 0.15) is 0 Å². The van der Waals surface area contributed by atoms with Gasteiger partial charge in [-0.15, -0.1) is 5.10 Å². The first-order valence-electron chi connectivity index (χ1n) is 4.63. The van der Waals surface area contributed by atoms with Crippen LogP contribution in [-0.2, 0) is 11.8 Å². The number of hydrazine groups is 1. The summed E-state index contributed by atoms with van der Waals surface area (Å²) in [5, 5.41) is 6.70. The maximum absolute atomic E-state index is 11.4. The summed E-state index contributed by atoms with van der Waals surface area (Å²) in [7, 11) is 1.62. The third-order valence-electron chi connectivity index (χ3n) is 2.15. The van der Waals surface area contributed by atoms with Crippen molar-refractivity contribution in [2.75, 3.05) is 5.75 Å². The van der Waals surface area contributed by atoms with E-state index in [0.717, 1.165) is 0 Å². The topological polar surface area (TPSA) is 106 Å². The molecular weight excluding hydrogens is 230 g/mol. The molecule has 0 saturated heterocycles. The molecule has 0 aliphatic carbocycles. The van der Waals surface area contributed by atoms with Crippen LogP contribution in [0.4, 0.5) is 0 Å². The first-order chi connectivity index (χ1) is 7.38. The second-order valence-corrected chi connectivity index (χ2v) is 4.96. The van der Waals surface area contributed by atoms with Gasteiger partial charge in [0.25, 0.3) is 0 Å². The molecule has 0 radical (unpaired) electrons. The summed E-state index contributed by atoms with van der Waals surface area (Å²) in [6.45, 7) is 3.54. The molecule has 1 aromatic rings. The minimum atomic E-state index is -0.617. The van der Waals surface area contributed by atoms with Crippen molar-refractivity contribution in [1.29, 1.82) is 0 Å². The van der Waals surface area contributed by atoms with E-state index in [9.17, 15) is 9.59 Å². The van der Waals surface area contributed by atoms with Crippen molar-refractivity contribution in [3.05, 3.63) is 10.5 Å². The predicted octanol–water partition coefficient (Wildman–Crippen LogP) is -0.783. The molecule has 1 heterocycles. The lowest BCUT2D eigenvalue weighted by atomic mass is 9.96. The summed E-state index contributed by atoms with van der Waals surface area (Å²) in [6, 6.07) is 0. The summed E-state index contributed by atoms with van der Waals surface area (Å²) < 4.78 is 1.39. The fourth-order valence-electron chi connectivity index (χ4n) is 0.967. The maximum Gasteiger partial charge on any atom is 0.343 e. The molecule has 1 aromatic heterocycles. The van der Waals surface area contributed by atoms with Crippen molar-refractivity contribution in [2.45, 2.75) is 19.0 Å². The summed E-state index contributed by atoms with van der Waals surface area (Å²) >= 11 is 1.32. The highest BCUT2D eigenvalue weighted by atomic mass is 32.2. The molecule has 16 heavy (non-hydrogen) atoms. The second-order valence-electron chi connectivity index (χ2n) is 4.02. The number of carbonyl (C=O) groups is 1. The Balaban J connectivity index is 2.68. The summed E-state index contributed by atoms with van der Waals surface area (Å²) in [4.78, 5) is 22.5. The molecule has 0 aromatic carbocycles. The molecule has 8 heteroatoms. The van der Waals surface area contributed by atoms with Crippen LogP contribution in [-0.4, -0.2) is 26.4 Å². The molecule has 1 rings (SSSR count). The van der Waals surface area contributed by atoms with Gasteiger partial charge in [-0.3, -0.25) is 14.8 Å². The number of thioether (sulfide) groups is 1. The van der Waals surface area contributed by atoms with Crippen LogP contribution >= 0.6 is 11.8 Å². The largest absolute Gasteiger partial charge is 0.343 e. The van der Waals surface area contributed by atoms with Crippen LogP contribution in [0.25, 0.3) is 0 Å². The van der Waals surface area contributed by atoms with Gasteiger partial charge in [-0.05, 0) is 0 Å². The summed E-state index contributed by atoms with van der Waals surface area (Å²) in [5.74, 6) is 5.31. The third-order valence-corrected chi connectivity index (χ3v) is 3.64. The highest BCUT2D eigenvalue weighted by Crippen LogP contribution is 2.25. The van der Waals surface area contributed by atoms with E-state index in [1.165, 1.54) is 16.3 Å². The van der Waals surface area contributed by atoms with Crippen LogP contribution in [0.5, 0.6) is 0 Å². The molecule has 0 spiro atoms. The normalized spacial score (nSPS) is 11.5. The van der Waals surface area contributed by atoms with Gasteiger partial charge >= 0.3 is 5.69 Å². The van der Waals surface area contributed by atoms with Crippen molar-refractivity contribution < 1.29 is 4.79 Å². The predicted molar refractivity (Wildman–Crippen MR) is 60.7 cm³/mol. The van der Waals surface area contributed by atoms with Gasteiger partial charge in [-0.2, -0.15) is 0 Å². The Morgan fingerprint density at radius 3 is 2.75 bits per heavy atom. The molecule has 0 aliphatic rings. The first-order valence-corrected chi connectivity index (χ1v) is 5.62. The van der Waals surface area contributed by atoms with Crippen LogP contribution in [0, 0.1) is 5.41 Å². The lowest BCUT2D eigenvalue weighted by Gasteiger charge is -2.20. The molecule has 0 saturated carbocycles. The lowest BCUT2D eigenvalue weighted by molar-refractivity contribution is -0.128. The monoisotopic (exact) mass is 245 g/mol. The Hall–Kier alpha value is -1.28. The number of nitrogens with one attached hydrogen (secondary N) is 2. The van der Waals surface area contributed by atoms with E-state index in [-0.39, 0.29) is 11.6 Å². The van der Waals surface area contributed by atoms with Crippen molar-refractivity contribution in [3.63, 3.8) is 0 Å². The third kappa shape index (κ3) is 2.64. The van der Waals surface area contributed by atoms with Gasteiger partial charge in [0.05, 0.1) is 5.41 Å². The van der Waals surface area contributed by atoms with E-state index in [1.54, 1.807) is 20.9 Å². The number of amides is 1. The lowest BCUT2D eigenvalue weighted by Crippen LogP contribution is -2.42. The fraction of sp³-hybridized carbons (Fsp3) is 0.625. The van der Waals surface area contributed by atoms with Crippen molar-refractivity contribution in [2.24, 2.45) is 18.3 Å². The summed E-state index contributed by atoms with van der Waals surface area (Å²) in [5.41, 5.74) is 1.22. The number of H-pyrrole nitrogens is 1. The van der Waals surface area contributed by atoms with Crippen LogP contribution in [0.1, 0.15) is 13.8 Å². The zero-order chi connectivity index (χ0) is 12.3. The van der Waals surface area contributed by atoms with Crippen LogP contribution in [0.3, 0.4) is 0 Å². The SMILES string of the molecule is Cn1c(SCC(C)(C)C(=O)NN)n[nH]c1=O. The number of nitrogens with zero attached hydrogens (tertiary/aromatic N) is 2. The van der Waals surface area contributed by atoms with Gasteiger partial charge < -0.3 is 0 Å². The number of aromatic nitrogens is 3. The van der Waals surface area contributed by atoms with E-state index in [4.69, 9.17) is 5.84 Å². The van der Waals surface area contributed by atoms with Gasteiger partial charge in [0, 0.05) is 12.8 Å². The maximum atomic E-state index is 11.4. The van der Waals surface area contributed by atoms with Gasteiger partial charge in [0.2, 0.25) is 5.91 Å². The molecule has 0 unspecified atom stereocenters. The van der Waals surface area contributed by atoms with Crippen LogP contribution < -0.4 is 17.0 Å². The molecular formula is C8H15N5O2S. The van der Waals surface area contributed by atoms with E-state index >= 15 is 0 Å². The van der Waals surface area contributed by atoms with Gasteiger partial charge in [-0.1, -0.05) is 25.6 Å². The number of aromatic amines is 1. The minimum absolute atomic E-state index is 0.250. The van der Waals surface area contributed by atoms with Crippen LogP contribution in [0.15, 0.2) is 9.95 Å². The number of hydrogen-bond acceptors (Lipinski definition) is 5. The Labute approximate surface area is 96.8 Å². The number of nitrogens with two attached hydrogens (primary N) is 1. The molecule has 0 atom stereocenters. The van der Waals surface area contributed by atoms with E-state index in [1.807, 2.05) is 0 Å². The standard InChI is InChI=1S/C8H15N5O2S/c1-8(2,5(14)10-9)4-16-7-12-11-6(15)13(7)3/h4,9H2,1-3H3,(H,10,14)(H,11,15). The average Bonchev–Trinajstić information content (AvgIpc) is 2.56. The highest BCUT2D eigenvalue weighted by Gasteiger charge is 2.27. The Morgan fingerprint density at radius 2 is 2.31 bits per heavy atom. The molecule has 1 amide bonds. The zero-order valence-corrected chi connectivity index (χ0v) is 10.2. The molecule has 90 valence electrons. The quantitative estimate of drug-likeness (QED) is 0.279. The van der Waals surface area contributed by atoms with E-state index in [2.05, 4.69) is 15.6 Å². The Bertz CT molecular complexity index is 436. The molecule has 0 aliphatic heterocycles. The molecule has 7 nitrogen and oxygen atoms in total. The highest BCUT2D eigenvalue weighted by molar-refractivity contribution is 7.99. The fourth-order valence-corrected chi connectivity index (χ4v) is 1.98. The van der Waals surface area contributed by atoms with Crippen LogP contribution in [0.2, 0.25) is 0 Å². The van der Waals surface area contributed by atoms with Crippen molar-refractivity contribution >= 4 is 17.7 Å². The van der Waals surface area contributed by atoms with E-state index in [0.29, 0.717) is 10.9 Å². The smallest absolute Gasteiger partial charge is 0.294 e. The average molecular weight is 245 g/mol. The van der Waals surface area contributed by atoms with Gasteiger partial charge in [0.15, 0.2) is 5.16 Å². The Kier molecular flexibility index (Phi) is 3.76. The second kappa shape index (κ2) is 4.71. The number of rotatable bonds is 4. The molecule has 4 N–H and O–H groups in total. The van der Waals surface area contributed by atoms with E-state index < -0.39 is 5.41 Å². The van der Waals surface area contributed by atoms with Crippen molar-refractivity contribution in [3.8, 4) is 0 Å². The summed E-state index contributed by atoms with van der Waals surface area (Å²) in [6.07, 6.45) is 0. The number of hydrogen-bond donors (Lipinski definition) is 3. The zero-order valence-electron chi connectivity index (χ0n) is 9.40. The Morgan fingerprint density at radius 1 is 1.69 bits per heavy atom.